The highest BCUT2D eigenvalue weighted by Crippen LogP contribution is 2.29. The Bertz CT molecular complexity index is 421. The van der Waals surface area contributed by atoms with Gasteiger partial charge in [0, 0.05) is 17.7 Å². The highest BCUT2D eigenvalue weighted by atomic mass is 19.1. The quantitative estimate of drug-likeness (QED) is 0.553. The van der Waals surface area contributed by atoms with Gasteiger partial charge in [-0.3, -0.25) is 0 Å². The van der Waals surface area contributed by atoms with Crippen LogP contribution in [0.25, 0.3) is 0 Å². The molecular formula is C16H24FNO2. The molecule has 1 saturated carbocycles. The van der Waals surface area contributed by atoms with E-state index in [9.17, 15) is 4.39 Å². The summed E-state index contributed by atoms with van der Waals surface area (Å²) >= 11 is 0. The molecule has 1 unspecified atom stereocenters. The first-order valence-corrected chi connectivity index (χ1v) is 7.44. The van der Waals surface area contributed by atoms with Gasteiger partial charge in [-0.25, -0.2) is 4.39 Å². The summed E-state index contributed by atoms with van der Waals surface area (Å²) in [6.07, 6.45) is 3.57. The monoisotopic (exact) mass is 281 g/mol. The Morgan fingerprint density at radius 3 is 2.90 bits per heavy atom. The largest absolute Gasteiger partial charge is 0.467 e. The van der Waals surface area contributed by atoms with Gasteiger partial charge in [0.15, 0.2) is 6.79 Å². The Hall–Kier alpha value is -1.13. The van der Waals surface area contributed by atoms with Crippen LogP contribution in [0.5, 0.6) is 5.75 Å². The Labute approximate surface area is 120 Å². The van der Waals surface area contributed by atoms with Crippen molar-refractivity contribution < 1.29 is 13.9 Å². The molecule has 3 nitrogen and oxygen atoms in total. The van der Waals surface area contributed by atoms with Crippen LogP contribution < -0.4 is 10.1 Å². The summed E-state index contributed by atoms with van der Waals surface area (Å²) in [6, 6.07) is 4.81. The maximum atomic E-state index is 13.4. The molecule has 1 atom stereocenters. The van der Waals surface area contributed by atoms with E-state index in [2.05, 4.69) is 19.2 Å². The summed E-state index contributed by atoms with van der Waals surface area (Å²) in [4.78, 5) is 0. The summed E-state index contributed by atoms with van der Waals surface area (Å²) < 4.78 is 24.4. The normalized spacial score (nSPS) is 16.1. The molecule has 1 aliphatic carbocycles. The van der Waals surface area contributed by atoms with Gasteiger partial charge in [0.1, 0.15) is 11.6 Å². The number of hydrogen-bond donors (Lipinski definition) is 1. The van der Waals surface area contributed by atoms with Crippen LogP contribution in [0.1, 0.15) is 44.7 Å². The number of benzene rings is 1. The lowest BCUT2D eigenvalue weighted by Crippen LogP contribution is -2.20. The van der Waals surface area contributed by atoms with Gasteiger partial charge in [-0.15, -0.1) is 0 Å². The first kappa shape index (κ1) is 15.3. The molecule has 0 heterocycles. The zero-order valence-corrected chi connectivity index (χ0v) is 12.3. The molecule has 0 bridgehead atoms. The molecule has 20 heavy (non-hydrogen) atoms. The highest BCUT2D eigenvalue weighted by Gasteiger charge is 2.21. The van der Waals surface area contributed by atoms with Gasteiger partial charge >= 0.3 is 0 Å². The highest BCUT2D eigenvalue weighted by molar-refractivity contribution is 5.36. The summed E-state index contributed by atoms with van der Waals surface area (Å²) in [7, 11) is 0. The second-order valence-electron chi connectivity index (χ2n) is 5.43. The van der Waals surface area contributed by atoms with Crippen LogP contribution in [0.15, 0.2) is 18.2 Å². The molecule has 0 saturated heterocycles. The second-order valence-corrected chi connectivity index (χ2v) is 5.43. The third kappa shape index (κ3) is 4.76. The minimum absolute atomic E-state index is 0.133. The van der Waals surface area contributed by atoms with E-state index in [1.165, 1.54) is 25.0 Å². The zero-order chi connectivity index (χ0) is 14.4. The Balaban J connectivity index is 1.91. The zero-order valence-electron chi connectivity index (χ0n) is 12.3. The van der Waals surface area contributed by atoms with Crippen LogP contribution in [0.3, 0.4) is 0 Å². The van der Waals surface area contributed by atoms with Crippen molar-refractivity contribution in [3.05, 3.63) is 29.6 Å². The van der Waals surface area contributed by atoms with Crippen LogP contribution in [0.4, 0.5) is 4.39 Å². The molecule has 1 aromatic carbocycles. The van der Waals surface area contributed by atoms with Crippen molar-refractivity contribution >= 4 is 0 Å². The molecular weight excluding hydrogens is 257 g/mol. The van der Waals surface area contributed by atoms with Crippen molar-refractivity contribution in [2.75, 3.05) is 19.9 Å². The lowest BCUT2D eigenvalue weighted by molar-refractivity contribution is 0.00909. The fourth-order valence-corrected chi connectivity index (χ4v) is 2.07. The van der Waals surface area contributed by atoms with E-state index in [-0.39, 0.29) is 18.7 Å². The van der Waals surface area contributed by atoms with Gasteiger partial charge in [-0.05, 0) is 44.7 Å². The first-order chi connectivity index (χ1) is 9.70. The second kappa shape index (κ2) is 7.60. The average molecular weight is 281 g/mol. The van der Waals surface area contributed by atoms with Gasteiger partial charge in [0.2, 0.25) is 0 Å². The lowest BCUT2D eigenvalue weighted by atomic mass is 10.1. The standard InChI is InChI=1S/C16H24FNO2/c1-3-8-18-12(2)15-7-6-14(17)9-16(15)20-11-19-10-13-4-5-13/h6-7,9,12-13,18H,3-5,8,10-11H2,1-2H3. The lowest BCUT2D eigenvalue weighted by Gasteiger charge is -2.18. The van der Waals surface area contributed by atoms with Crippen LogP contribution in [-0.2, 0) is 4.74 Å². The van der Waals surface area contributed by atoms with Gasteiger partial charge in [-0.2, -0.15) is 0 Å². The maximum Gasteiger partial charge on any atom is 0.189 e. The number of nitrogens with one attached hydrogen (secondary N) is 1. The van der Waals surface area contributed by atoms with Crippen LogP contribution in [0, 0.1) is 11.7 Å². The summed E-state index contributed by atoms with van der Waals surface area (Å²) in [5.41, 5.74) is 0.967. The molecule has 1 aromatic rings. The number of ether oxygens (including phenoxy) is 2. The Morgan fingerprint density at radius 2 is 2.20 bits per heavy atom. The fraction of sp³-hybridized carbons (Fsp3) is 0.625. The molecule has 1 aliphatic rings. The van der Waals surface area contributed by atoms with E-state index in [1.54, 1.807) is 6.07 Å². The van der Waals surface area contributed by atoms with Crippen LogP contribution in [-0.4, -0.2) is 19.9 Å². The SMILES string of the molecule is CCCNC(C)c1ccc(F)cc1OCOCC1CC1. The molecule has 1 fully saturated rings. The molecule has 0 aliphatic heterocycles. The summed E-state index contributed by atoms with van der Waals surface area (Å²) in [5.74, 6) is 0.987. The van der Waals surface area contributed by atoms with Crippen molar-refractivity contribution in [3.63, 3.8) is 0 Å². The number of halogens is 1. The molecule has 2 rings (SSSR count). The van der Waals surface area contributed by atoms with Crippen molar-refractivity contribution in [1.29, 1.82) is 0 Å². The van der Waals surface area contributed by atoms with E-state index in [1.807, 2.05) is 0 Å². The Kier molecular flexibility index (Phi) is 5.80. The van der Waals surface area contributed by atoms with E-state index >= 15 is 0 Å². The van der Waals surface area contributed by atoms with Crippen molar-refractivity contribution in [2.24, 2.45) is 5.92 Å². The third-order valence-corrected chi connectivity index (χ3v) is 3.49. The van der Waals surface area contributed by atoms with Crippen molar-refractivity contribution in [3.8, 4) is 5.75 Å². The molecule has 0 aromatic heterocycles. The molecule has 4 heteroatoms. The smallest absolute Gasteiger partial charge is 0.189 e. The number of rotatable bonds is 9. The van der Waals surface area contributed by atoms with Gasteiger partial charge < -0.3 is 14.8 Å². The predicted octanol–water partition coefficient (Wildman–Crippen LogP) is 3.65. The van der Waals surface area contributed by atoms with Crippen molar-refractivity contribution in [1.82, 2.24) is 5.32 Å². The first-order valence-electron chi connectivity index (χ1n) is 7.44. The summed E-state index contributed by atoms with van der Waals surface area (Å²) in [6.45, 7) is 6.03. The number of hydrogen-bond acceptors (Lipinski definition) is 3. The van der Waals surface area contributed by atoms with E-state index in [4.69, 9.17) is 9.47 Å². The third-order valence-electron chi connectivity index (χ3n) is 3.49. The minimum atomic E-state index is -0.284. The van der Waals surface area contributed by atoms with Crippen LogP contribution >= 0.6 is 0 Å². The summed E-state index contributed by atoms with van der Waals surface area (Å²) in [5, 5.41) is 3.38. The Morgan fingerprint density at radius 1 is 1.40 bits per heavy atom. The van der Waals surface area contributed by atoms with E-state index in [0.29, 0.717) is 11.7 Å². The average Bonchev–Trinajstić information content (AvgIpc) is 3.25. The van der Waals surface area contributed by atoms with Crippen LogP contribution in [0.2, 0.25) is 0 Å². The van der Waals surface area contributed by atoms with E-state index < -0.39 is 0 Å². The van der Waals surface area contributed by atoms with Crippen molar-refractivity contribution in [2.45, 2.75) is 39.2 Å². The predicted molar refractivity (Wildman–Crippen MR) is 77.3 cm³/mol. The van der Waals surface area contributed by atoms with E-state index in [0.717, 1.165) is 25.1 Å². The molecule has 1 N–H and O–H groups in total. The molecule has 0 spiro atoms. The molecule has 0 amide bonds. The maximum absolute atomic E-state index is 13.4. The van der Waals surface area contributed by atoms with Gasteiger partial charge in [-0.1, -0.05) is 13.0 Å². The minimum Gasteiger partial charge on any atom is -0.467 e. The fourth-order valence-electron chi connectivity index (χ4n) is 2.07. The topological polar surface area (TPSA) is 30.5 Å². The van der Waals surface area contributed by atoms with Gasteiger partial charge in [0.25, 0.3) is 0 Å². The molecule has 0 radical (unpaired) electrons. The van der Waals surface area contributed by atoms with Gasteiger partial charge in [0.05, 0.1) is 6.61 Å². The molecule has 112 valence electrons.